The summed E-state index contributed by atoms with van der Waals surface area (Å²) in [6.45, 7) is 5.87. The molecule has 100 valence electrons. The molecular weight excluding hydrogens is 238 g/mol. The van der Waals surface area contributed by atoms with Crippen molar-refractivity contribution in [2.45, 2.75) is 33.6 Å². The molecule has 0 aromatic carbocycles. The van der Waals surface area contributed by atoms with Gasteiger partial charge in [0.15, 0.2) is 5.78 Å². The highest BCUT2D eigenvalue weighted by Crippen LogP contribution is 2.15. The van der Waals surface area contributed by atoms with Crippen LogP contribution in [0.3, 0.4) is 0 Å². The summed E-state index contributed by atoms with van der Waals surface area (Å²) in [5.74, 6) is 0.0832. The number of nitrogens with zero attached hydrogens (tertiary/aromatic N) is 3. The van der Waals surface area contributed by atoms with Crippen molar-refractivity contribution < 1.29 is 4.79 Å². The highest BCUT2D eigenvalue weighted by Gasteiger charge is 2.17. The first-order chi connectivity index (χ1) is 9.02. The van der Waals surface area contributed by atoms with Crippen LogP contribution in [0.1, 0.15) is 39.9 Å². The molecule has 4 nitrogen and oxygen atoms in total. The molecule has 0 amide bonds. The quantitative estimate of drug-likeness (QED) is 0.790. The Morgan fingerprint density at radius 2 is 2.05 bits per heavy atom. The van der Waals surface area contributed by atoms with E-state index < -0.39 is 0 Å². The van der Waals surface area contributed by atoms with Gasteiger partial charge in [-0.05, 0) is 31.9 Å². The van der Waals surface area contributed by atoms with Crippen LogP contribution in [0.5, 0.6) is 0 Å². The fourth-order valence-corrected chi connectivity index (χ4v) is 2.20. The molecule has 0 bridgehead atoms. The van der Waals surface area contributed by atoms with E-state index in [4.69, 9.17) is 0 Å². The van der Waals surface area contributed by atoms with Crippen LogP contribution in [0.25, 0.3) is 0 Å². The van der Waals surface area contributed by atoms with Gasteiger partial charge in [-0.3, -0.25) is 14.5 Å². The molecule has 0 atom stereocenters. The van der Waals surface area contributed by atoms with Crippen molar-refractivity contribution in [1.82, 2.24) is 14.8 Å². The van der Waals surface area contributed by atoms with Crippen molar-refractivity contribution >= 4 is 5.78 Å². The van der Waals surface area contributed by atoms with E-state index in [0.29, 0.717) is 6.42 Å². The van der Waals surface area contributed by atoms with Gasteiger partial charge in [-0.1, -0.05) is 13.0 Å². The number of pyridine rings is 1. The summed E-state index contributed by atoms with van der Waals surface area (Å²) in [7, 11) is 1.85. The third-order valence-corrected chi connectivity index (χ3v) is 3.42. The maximum atomic E-state index is 12.3. The molecule has 0 spiro atoms. The molecule has 0 N–H and O–H groups in total. The van der Waals surface area contributed by atoms with Gasteiger partial charge in [-0.2, -0.15) is 5.10 Å². The maximum Gasteiger partial charge on any atom is 0.172 e. The third-order valence-electron chi connectivity index (χ3n) is 3.42. The van der Waals surface area contributed by atoms with Crippen molar-refractivity contribution in [3.8, 4) is 0 Å². The van der Waals surface area contributed by atoms with Gasteiger partial charge >= 0.3 is 0 Å². The molecule has 0 aliphatic heterocycles. The Kier molecular flexibility index (Phi) is 3.79. The summed E-state index contributed by atoms with van der Waals surface area (Å²) in [5.41, 5.74) is 4.42. The van der Waals surface area contributed by atoms with E-state index in [1.807, 2.05) is 39.2 Å². The molecule has 0 saturated heterocycles. The highest BCUT2D eigenvalue weighted by molar-refractivity contribution is 5.99. The molecular formula is C15H19N3O. The van der Waals surface area contributed by atoms with Crippen LogP contribution in [0, 0.1) is 13.8 Å². The first-order valence-corrected chi connectivity index (χ1v) is 6.50. The summed E-state index contributed by atoms with van der Waals surface area (Å²) in [6.07, 6.45) is 3.13. The Balaban J connectivity index is 2.20. The Labute approximate surface area is 113 Å². The van der Waals surface area contributed by atoms with Crippen molar-refractivity contribution in [2.75, 3.05) is 0 Å². The van der Waals surface area contributed by atoms with E-state index in [2.05, 4.69) is 17.0 Å². The van der Waals surface area contributed by atoms with Gasteiger partial charge in [-0.15, -0.1) is 0 Å². The van der Waals surface area contributed by atoms with Gasteiger partial charge in [0.05, 0.1) is 17.7 Å². The number of carbonyl (C=O) groups excluding carboxylic acids is 1. The van der Waals surface area contributed by atoms with Gasteiger partial charge in [-0.25, -0.2) is 0 Å². The number of ketones is 1. The van der Waals surface area contributed by atoms with E-state index in [1.54, 1.807) is 4.68 Å². The first-order valence-electron chi connectivity index (χ1n) is 6.50. The molecule has 0 saturated carbocycles. The fourth-order valence-electron chi connectivity index (χ4n) is 2.20. The lowest BCUT2D eigenvalue weighted by Crippen LogP contribution is -2.08. The zero-order chi connectivity index (χ0) is 14.0. The van der Waals surface area contributed by atoms with Crippen LogP contribution in [0.4, 0.5) is 0 Å². The van der Waals surface area contributed by atoms with E-state index in [0.717, 1.165) is 29.1 Å². The normalized spacial score (nSPS) is 10.7. The van der Waals surface area contributed by atoms with E-state index in [9.17, 15) is 4.79 Å². The lowest BCUT2D eigenvalue weighted by atomic mass is 10.0. The molecule has 4 heteroatoms. The number of carbonyl (C=O) groups is 1. The minimum absolute atomic E-state index is 0.0832. The molecule has 0 fully saturated rings. The van der Waals surface area contributed by atoms with Gasteiger partial charge < -0.3 is 0 Å². The van der Waals surface area contributed by atoms with Crippen LogP contribution < -0.4 is 0 Å². The maximum absolute atomic E-state index is 12.3. The summed E-state index contributed by atoms with van der Waals surface area (Å²) in [4.78, 5) is 16.7. The fraction of sp³-hybridized carbons (Fsp3) is 0.400. The summed E-state index contributed by atoms with van der Waals surface area (Å²) in [5, 5.41) is 4.28. The smallest absolute Gasteiger partial charge is 0.172 e. The van der Waals surface area contributed by atoms with E-state index in [1.165, 1.54) is 5.56 Å². The number of rotatable bonds is 4. The number of hydrogen-bond donors (Lipinski definition) is 0. The summed E-state index contributed by atoms with van der Waals surface area (Å²) < 4.78 is 1.75. The Hall–Kier alpha value is -1.97. The minimum atomic E-state index is 0.0832. The number of aromatic nitrogens is 3. The molecule has 0 radical (unpaired) electrons. The molecule has 0 aliphatic rings. The number of hydrogen-bond acceptors (Lipinski definition) is 3. The van der Waals surface area contributed by atoms with Crippen LogP contribution in [-0.4, -0.2) is 20.5 Å². The second-order valence-electron chi connectivity index (χ2n) is 4.78. The third kappa shape index (κ3) is 2.72. The standard InChI is InChI=1S/C15H19N3O/c1-5-12-6-7-13(16-9-12)8-14(19)15-10(2)17-18(4)11(15)3/h6-7,9H,5,8H2,1-4H3. The topological polar surface area (TPSA) is 47.8 Å². The van der Waals surface area contributed by atoms with Crippen LogP contribution in [0.15, 0.2) is 18.3 Å². The first kappa shape index (κ1) is 13.5. The molecule has 2 aromatic heterocycles. The number of Topliss-reactive ketones (excluding diaryl/α,β-unsaturated/α-hetero) is 1. The lowest BCUT2D eigenvalue weighted by Gasteiger charge is -2.03. The van der Waals surface area contributed by atoms with Gasteiger partial charge in [0.1, 0.15) is 0 Å². The van der Waals surface area contributed by atoms with Crippen LogP contribution >= 0.6 is 0 Å². The van der Waals surface area contributed by atoms with Gasteiger partial charge in [0, 0.05) is 24.6 Å². The monoisotopic (exact) mass is 257 g/mol. The molecule has 0 aliphatic carbocycles. The zero-order valence-corrected chi connectivity index (χ0v) is 11.9. The van der Waals surface area contributed by atoms with Gasteiger partial charge in [0.2, 0.25) is 0 Å². The summed E-state index contributed by atoms with van der Waals surface area (Å²) in [6, 6.07) is 3.95. The predicted octanol–water partition coefficient (Wildman–Crippen LogP) is 2.42. The van der Waals surface area contributed by atoms with E-state index >= 15 is 0 Å². The number of aryl methyl sites for hydroxylation is 3. The van der Waals surface area contributed by atoms with Crippen molar-refractivity contribution in [3.05, 3.63) is 46.5 Å². The molecule has 2 heterocycles. The average Bonchev–Trinajstić information content (AvgIpc) is 2.64. The lowest BCUT2D eigenvalue weighted by molar-refractivity contribution is 0.0990. The Morgan fingerprint density at radius 1 is 1.32 bits per heavy atom. The largest absolute Gasteiger partial charge is 0.294 e. The molecule has 0 unspecified atom stereocenters. The molecule has 2 rings (SSSR count). The molecule has 19 heavy (non-hydrogen) atoms. The van der Waals surface area contributed by atoms with Crippen molar-refractivity contribution in [3.63, 3.8) is 0 Å². The SMILES string of the molecule is CCc1ccc(CC(=O)c2c(C)nn(C)c2C)nc1. The van der Waals surface area contributed by atoms with Gasteiger partial charge in [0.25, 0.3) is 0 Å². The van der Waals surface area contributed by atoms with Crippen LogP contribution in [0.2, 0.25) is 0 Å². The Bertz CT molecular complexity index is 597. The summed E-state index contributed by atoms with van der Waals surface area (Å²) >= 11 is 0. The Morgan fingerprint density at radius 3 is 2.53 bits per heavy atom. The molecule has 2 aromatic rings. The second-order valence-corrected chi connectivity index (χ2v) is 4.78. The average molecular weight is 257 g/mol. The highest BCUT2D eigenvalue weighted by atomic mass is 16.1. The minimum Gasteiger partial charge on any atom is -0.294 e. The predicted molar refractivity (Wildman–Crippen MR) is 74.3 cm³/mol. The van der Waals surface area contributed by atoms with Crippen molar-refractivity contribution in [2.24, 2.45) is 7.05 Å². The van der Waals surface area contributed by atoms with E-state index in [-0.39, 0.29) is 5.78 Å². The zero-order valence-electron chi connectivity index (χ0n) is 11.9. The van der Waals surface area contributed by atoms with Crippen LogP contribution in [-0.2, 0) is 19.9 Å². The van der Waals surface area contributed by atoms with Crippen molar-refractivity contribution in [1.29, 1.82) is 0 Å². The second kappa shape index (κ2) is 5.34.